The van der Waals surface area contributed by atoms with E-state index >= 15 is 0 Å². The lowest BCUT2D eigenvalue weighted by molar-refractivity contribution is -0.156. The number of benzene rings is 2. The zero-order chi connectivity index (χ0) is 34.7. The topological polar surface area (TPSA) is 169 Å². The summed E-state index contributed by atoms with van der Waals surface area (Å²) in [5.74, 6) is -3.48. The first-order valence-electron chi connectivity index (χ1n) is 15.1. The molecule has 0 fully saturated rings. The fourth-order valence-electron chi connectivity index (χ4n) is 4.20. The lowest BCUT2D eigenvalue weighted by Crippen LogP contribution is -2.57. The highest BCUT2D eigenvalue weighted by Gasteiger charge is 2.33. The van der Waals surface area contributed by atoms with E-state index < -0.39 is 71.5 Å². The van der Waals surface area contributed by atoms with Gasteiger partial charge in [0.2, 0.25) is 11.8 Å². The molecule has 0 spiro atoms. The average molecular weight is 642 g/mol. The number of amides is 3. The Morgan fingerprint density at radius 3 is 1.85 bits per heavy atom. The number of alkyl carbamates (subject to hydrolysis) is 1. The fourth-order valence-corrected chi connectivity index (χ4v) is 4.20. The number of carboxylic acids is 1. The van der Waals surface area contributed by atoms with E-state index in [0.29, 0.717) is 16.9 Å². The molecule has 3 atom stereocenters. The number of carboxylic acid groups (broad SMARTS) is 1. The van der Waals surface area contributed by atoms with Gasteiger partial charge in [0.15, 0.2) is 0 Å². The van der Waals surface area contributed by atoms with Crippen LogP contribution < -0.4 is 20.7 Å². The Labute approximate surface area is 270 Å². The van der Waals surface area contributed by atoms with E-state index in [9.17, 15) is 29.1 Å². The predicted molar refractivity (Wildman–Crippen MR) is 171 cm³/mol. The van der Waals surface area contributed by atoms with Gasteiger partial charge in [0.25, 0.3) is 0 Å². The van der Waals surface area contributed by atoms with Crippen LogP contribution in [0.15, 0.2) is 54.6 Å². The van der Waals surface area contributed by atoms with Crippen molar-refractivity contribution in [3.63, 3.8) is 0 Å². The summed E-state index contributed by atoms with van der Waals surface area (Å²) in [5.41, 5.74) is 0.0514. The second-order valence-electron chi connectivity index (χ2n) is 13.2. The Balaban J connectivity index is 2.32. The van der Waals surface area contributed by atoms with Gasteiger partial charge in [-0.3, -0.25) is 14.4 Å². The number of esters is 1. The first kappa shape index (κ1) is 37.6. The molecule has 0 aromatic heterocycles. The summed E-state index contributed by atoms with van der Waals surface area (Å²) >= 11 is 0. The van der Waals surface area contributed by atoms with Crippen molar-refractivity contribution in [3.05, 3.63) is 65.7 Å². The molecule has 0 aliphatic rings. The van der Waals surface area contributed by atoms with Crippen LogP contribution in [0, 0.1) is 5.92 Å². The zero-order valence-electron chi connectivity index (χ0n) is 27.8. The van der Waals surface area contributed by atoms with E-state index in [2.05, 4.69) is 16.0 Å². The molecule has 3 amide bonds. The van der Waals surface area contributed by atoms with Crippen molar-refractivity contribution in [2.75, 3.05) is 0 Å². The molecule has 0 heterocycles. The Hall–Kier alpha value is -4.61. The standard InChI is InChI=1S/C34H47N3O9/c1-21(2)28(31(41)42)37-30(40)25(18-22-14-16-24(17-15-22)45-33(3,4)5)35-29(39)26(19-27(38)46-34(6,7)8)36-32(43)44-20-23-12-10-9-11-13-23/h9-17,21,25-26,28H,18-20H2,1-8H3,(H,35,39)(H,36,43)(H,37,40)(H,41,42)/t25-,26-,28+/m0/s1. The van der Waals surface area contributed by atoms with Gasteiger partial charge in [-0.1, -0.05) is 56.3 Å². The molecule has 46 heavy (non-hydrogen) atoms. The van der Waals surface area contributed by atoms with Gasteiger partial charge in [0.1, 0.15) is 41.7 Å². The molecule has 0 saturated heterocycles. The van der Waals surface area contributed by atoms with Gasteiger partial charge in [-0.25, -0.2) is 9.59 Å². The minimum Gasteiger partial charge on any atom is -0.488 e. The predicted octanol–water partition coefficient (Wildman–Crippen LogP) is 4.14. The van der Waals surface area contributed by atoms with Crippen molar-refractivity contribution in [1.29, 1.82) is 0 Å². The summed E-state index contributed by atoms with van der Waals surface area (Å²) in [6.07, 6.45) is -1.55. The van der Waals surface area contributed by atoms with Crippen molar-refractivity contribution >= 4 is 29.8 Å². The normalized spacial score (nSPS) is 13.5. The minimum absolute atomic E-state index is 0.0323. The van der Waals surface area contributed by atoms with Crippen LogP contribution in [0.1, 0.15) is 72.9 Å². The molecule has 12 heteroatoms. The summed E-state index contributed by atoms with van der Waals surface area (Å²) in [7, 11) is 0. The first-order valence-corrected chi connectivity index (χ1v) is 15.1. The number of aliphatic carboxylic acids is 1. The van der Waals surface area contributed by atoms with Crippen molar-refractivity contribution in [1.82, 2.24) is 16.0 Å². The monoisotopic (exact) mass is 641 g/mol. The smallest absolute Gasteiger partial charge is 0.408 e. The third kappa shape index (κ3) is 14.0. The maximum Gasteiger partial charge on any atom is 0.408 e. The number of carbonyl (C=O) groups excluding carboxylic acids is 4. The van der Waals surface area contributed by atoms with Crippen LogP contribution in [0.2, 0.25) is 0 Å². The van der Waals surface area contributed by atoms with Crippen LogP contribution in [-0.4, -0.2) is 64.3 Å². The molecule has 4 N–H and O–H groups in total. The zero-order valence-corrected chi connectivity index (χ0v) is 27.8. The van der Waals surface area contributed by atoms with Gasteiger partial charge < -0.3 is 35.3 Å². The SMILES string of the molecule is CC(C)[C@@H](NC(=O)[C@H](Cc1ccc(OC(C)(C)C)cc1)NC(=O)[C@H](CC(=O)OC(C)(C)C)NC(=O)OCc1ccccc1)C(=O)O. The summed E-state index contributed by atoms with van der Waals surface area (Å²) < 4.78 is 16.5. The first-order chi connectivity index (χ1) is 21.3. The van der Waals surface area contributed by atoms with Crippen LogP contribution in [0.5, 0.6) is 5.75 Å². The van der Waals surface area contributed by atoms with E-state index in [1.165, 1.54) is 0 Å². The molecule has 0 unspecified atom stereocenters. The average Bonchev–Trinajstić information content (AvgIpc) is 2.93. The van der Waals surface area contributed by atoms with Crippen molar-refractivity contribution in [3.8, 4) is 5.75 Å². The molecular formula is C34H47N3O9. The second-order valence-corrected chi connectivity index (χ2v) is 13.2. The molecule has 2 aromatic carbocycles. The van der Waals surface area contributed by atoms with E-state index in [1.807, 2.05) is 26.8 Å². The van der Waals surface area contributed by atoms with Crippen molar-refractivity contribution in [2.24, 2.45) is 5.92 Å². The molecule has 12 nitrogen and oxygen atoms in total. The van der Waals surface area contributed by atoms with Crippen molar-refractivity contribution < 1.29 is 43.3 Å². The minimum atomic E-state index is -1.48. The second kappa shape index (κ2) is 16.6. The summed E-state index contributed by atoms with van der Waals surface area (Å²) in [5, 5.41) is 17.1. The number of nitrogens with one attached hydrogen (secondary N) is 3. The van der Waals surface area contributed by atoms with Gasteiger partial charge in [0, 0.05) is 6.42 Å². The maximum absolute atomic E-state index is 13.6. The van der Waals surface area contributed by atoms with E-state index in [1.54, 1.807) is 83.1 Å². The molecule has 0 aliphatic heterocycles. The molecule has 2 aromatic rings. The lowest BCUT2D eigenvalue weighted by Gasteiger charge is -2.26. The highest BCUT2D eigenvalue weighted by molar-refractivity contribution is 5.94. The summed E-state index contributed by atoms with van der Waals surface area (Å²) in [4.78, 5) is 64.3. The highest BCUT2D eigenvalue weighted by atomic mass is 16.6. The molecular weight excluding hydrogens is 594 g/mol. The lowest BCUT2D eigenvalue weighted by atomic mass is 10.0. The molecule has 252 valence electrons. The van der Waals surface area contributed by atoms with E-state index in [-0.39, 0.29) is 13.0 Å². The highest BCUT2D eigenvalue weighted by Crippen LogP contribution is 2.19. The number of carbonyl (C=O) groups is 5. The number of ether oxygens (including phenoxy) is 3. The molecule has 0 aliphatic carbocycles. The third-order valence-corrected chi connectivity index (χ3v) is 6.26. The quantitative estimate of drug-likeness (QED) is 0.222. The van der Waals surface area contributed by atoms with Crippen molar-refractivity contribution in [2.45, 2.75) is 104 Å². The van der Waals surface area contributed by atoms with Gasteiger partial charge in [-0.05, 0) is 70.7 Å². The third-order valence-electron chi connectivity index (χ3n) is 6.26. The van der Waals surface area contributed by atoms with Gasteiger partial charge in [0.05, 0.1) is 6.42 Å². The molecule has 0 bridgehead atoms. The fraction of sp³-hybridized carbons (Fsp3) is 0.500. The Kier molecular flexibility index (Phi) is 13.6. The summed E-state index contributed by atoms with van der Waals surface area (Å²) in [6, 6.07) is 11.8. The Morgan fingerprint density at radius 2 is 1.33 bits per heavy atom. The largest absolute Gasteiger partial charge is 0.488 e. The van der Waals surface area contributed by atoms with E-state index in [0.717, 1.165) is 0 Å². The Morgan fingerprint density at radius 1 is 0.739 bits per heavy atom. The van der Waals surface area contributed by atoms with E-state index in [4.69, 9.17) is 14.2 Å². The Bertz CT molecular complexity index is 1330. The van der Waals surface area contributed by atoms with Gasteiger partial charge in [-0.15, -0.1) is 0 Å². The van der Waals surface area contributed by atoms with Crippen LogP contribution in [-0.2, 0) is 41.7 Å². The van der Waals surface area contributed by atoms with Crippen LogP contribution in [0.25, 0.3) is 0 Å². The number of rotatable bonds is 14. The van der Waals surface area contributed by atoms with Gasteiger partial charge >= 0.3 is 18.0 Å². The van der Waals surface area contributed by atoms with Gasteiger partial charge in [-0.2, -0.15) is 0 Å². The summed E-state index contributed by atoms with van der Waals surface area (Å²) in [6.45, 7) is 13.9. The van der Waals surface area contributed by atoms with Crippen LogP contribution >= 0.6 is 0 Å². The maximum atomic E-state index is 13.6. The molecule has 0 saturated carbocycles. The van der Waals surface area contributed by atoms with Crippen LogP contribution in [0.4, 0.5) is 4.79 Å². The molecule has 0 radical (unpaired) electrons. The number of hydrogen-bond acceptors (Lipinski definition) is 8. The number of hydrogen-bond donors (Lipinski definition) is 4. The van der Waals surface area contributed by atoms with Crippen LogP contribution in [0.3, 0.4) is 0 Å². The molecule has 2 rings (SSSR count).